The minimum Gasteiger partial charge on any atom is -0.480 e. The third kappa shape index (κ3) is 4.95. The Morgan fingerprint density at radius 1 is 1.59 bits per heavy atom. The molecule has 1 fully saturated rings. The molecule has 1 aliphatic heterocycles. The van der Waals surface area contributed by atoms with Crippen molar-refractivity contribution in [2.75, 3.05) is 25.1 Å². The smallest absolute Gasteiger partial charge is 0.326 e. The van der Waals surface area contributed by atoms with E-state index in [-0.39, 0.29) is 11.8 Å². The summed E-state index contributed by atoms with van der Waals surface area (Å²) in [6.07, 6.45) is 4.21. The van der Waals surface area contributed by atoms with Crippen molar-refractivity contribution in [1.29, 1.82) is 0 Å². The Balaban J connectivity index is 2.42. The van der Waals surface area contributed by atoms with Crippen LogP contribution in [-0.4, -0.2) is 48.1 Å². The third-order valence-electron chi connectivity index (χ3n) is 2.89. The molecule has 1 rings (SSSR count). The summed E-state index contributed by atoms with van der Waals surface area (Å²) in [4.78, 5) is 22.8. The van der Waals surface area contributed by atoms with E-state index in [1.807, 2.05) is 6.26 Å². The lowest BCUT2D eigenvalue weighted by atomic mass is 9.98. The van der Waals surface area contributed by atoms with E-state index in [0.29, 0.717) is 13.0 Å². The molecule has 6 heteroatoms. The van der Waals surface area contributed by atoms with Crippen molar-refractivity contribution < 1.29 is 14.7 Å². The molecule has 0 radical (unpaired) electrons. The van der Waals surface area contributed by atoms with Gasteiger partial charge in [-0.3, -0.25) is 4.79 Å². The highest BCUT2D eigenvalue weighted by Gasteiger charge is 2.25. The molecule has 0 spiro atoms. The Morgan fingerprint density at radius 2 is 2.35 bits per heavy atom. The lowest BCUT2D eigenvalue weighted by molar-refractivity contribution is -0.142. The predicted molar refractivity (Wildman–Crippen MR) is 68.2 cm³/mol. The zero-order valence-electron chi connectivity index (χ0n) is 10.1. The maximum absolute atomic E-state index is 11.9. The van der Waals surface area contributed by atoms with Gasteiger partial charge in [-0.25, -0.2) is 4.79 Å². The van der Waals surface area contributed by atoms with Crippen molar-refractivity contribution in [3.63, 3.8) is 0 Å². The van der Waals surface area contributed by atoms with Crippen LogP contribution in [0.15, 0.2) is 0 Å². The Morgan fingerprint density at radius 3 is 2.88 bits per heavy atom. The molecule has 1 aliphatic rings. The Kier molecular flexibility index (Phi) is 6.36. The number of piperidine rings is 1. The fraction of sp³-hybridized carbons (Fsp3) is 0.818. The number of rotatable bonds is 6. The van der Waals surface area contributed by atoms with Gasteiger partial charge in [-0.05, 0) is 37.8 Å². The second-order valence-electron chi connectivity index (χ2n) is 4.22. The lowest BCUT2D eigenvalue weighted by Crippen LogP contribution is -2.47. The van der Waals surface area contributed by atoms with Crippen LogP contribution < -0.4 is 10.6 Å². The fourth-order valence-electron chi connectivity index (χ4n) is 1.86. The molecule has 0 saturated carbocycles. The molecular formula is C11H20N2O3S. The number of thioether (sulfide) groups is 1. The summed E-state index contributed by atoms with van der Waals surface area (Å²) in [5, 5.41) is 14.8. The molecule has 1 heterocycles. The average molecular weight is 260 g/mol. The molecule has 0 aromatic heterocycles. The standard InChI is InChI=1S/C11H20N2O3S/c1-17-6-4-9(11(15)16)13-10(14)8-3-2-5-12-7-8/h8-9,12H,2-7H2,1H3,(H,13,14)(H,15,16)/t8-,9-/m1/s1. The van der Waals surface area contributed by atoms with Crippen molar-refractivity contribution in [3.05, 3.63) is 0 Å². The maximum Gasteiger partial charge on any atom is 0.326 e. The molecule has 17 heavy (non-hydrogen) atoms. The van der Waals surface area contributed by atoms with Gasteiger partial charge in [0.2, 0.25) is 5.91 Å². The second kappa shape index (κ2) is 7.55. The lowest BCUT2D eigenvalue weighted by Gasteiger charge is -2.23. The average Bonchev–Trinajstić information content (AvgIpc) is 2.35. The molecule has 98 valence electrons. The van der Waals surface area contributed by atoms with Crippen LogP contribution in [0.25, 0.3) is 0 Å². The number of carbonyl (C=O) groups excluding carboxylic acids is 1. The molecule has 1 saturated heterocycles. The van der Waals surface area contributed by atoms with Crippen molar-refractivity contribution in [1.82, 2.24) is 10.6 Å². The van der Waals surface area contributed by atoms with E-state index in [1.165, 1.54) is 0 Å². The second-order valence-corrected chi connectivity index (χ2v) is 5.21. The van der Waals surface area contributed by atoms with Crippen LogP contribution in [0.4, 0.5) is 0 Å². The number of hydrogen-bond donors (Lipinski definition) is 3. The zero-order valence-corrected chi connectivity index (χ0v) is 10.9. The molecule has 0 aromatic rings. The molecule has 0 unspecified atom stereocenters. The molecule has 5 nitrogen and oxygen atoms in total. The van der Waals surface area contributed by atoms with Crippen LogP contribution in [0, 0.1) is 5.92 Å². The molecule has 0 bridgehead atoms. The first kappa shape index (κ1) is 14.3. The summed E-state index contributed by atoms with van der Waals surface area (Å²) in [7, 11) is 0. The van der Waals surface area contributed by atoms with Gasteiger partial charge in [-0.2, -0.15) is 11.8 Å². The topological polar surface area (TPSA) is 78.4 Å². The quantitative estimate of drug-likeness (QED) is 0.640. The van der Waals surface area contributed by atoms with Gasteiger partial charge in [0.25, 0.3) is 0 Å². The molecule has 2 atom stereocenters. The first-order valence-corrected chi connectivity index (χ1v) is 7.27. The Bertz CT molecular complexity index is 267. The maximum atomic E-state index is 11.9. The van der Waals surface area contributed by atoms with Gasteiger partial charge in [-0.15, -0.1) is 0 Å². The monoisotopic (exact) mass is 260 g/mol. The van der Waals surface area contributed by atoms with E-state index in [2.05, 4.69) is 10.6 Å². The summed E-state index contributed by atoms with van der Waals surface area (Å²) >= 11 is 1.58. The van der Waals surface area contributed by atoms with Crippen LogP contribution >= 0.6 is 11.8 Å². The minimum absolute atomic E-state index is 0.0834. The van der Waals surface area contributed by atoms with Gasteiger partial charge in [0.1, 0.15) is 6.04 Å². The first-order valence-electron chi connectivity index (χ1n) is 5.88. The Labute approximate surface area is 106 Å². The van der Waals surface area contributed by atoms with E-state index in [4.69, 9.17) is 5.11 Å². The summed E-state index contributed by atoms with van der Waals surface area (Å²) in [5.41, 5.74) is 0. The van der Waals surface area contributed by atoms with E-state index in [9.17, 15) is 9.59 Å². The normalized spacial score (nSPS) is 21.8. The van der Waals surface area contributed by atoms with Gasteiger partial charge in [0.15, 0.2) is 0 Å². The zero-order chi connectivity index (χ0) is 12.7. The first-order chi connectivity index (χ1) is 8.15. The van der Waals surface area contributed by atoms with E-state index in [1.54, 1.807) is 11.8 Å². The highest BCUT2D eigenvalue weighted by molar-refractivity contribution is 7.98. The summed E-state index contributed by atoms with van der Waals surface area (Å²) < 4.78 is 0. The SMILES string of the molecule is CSCC[C@@H](NC(=O)[C@@H]1CCCNC1)C(=O)O. The van der Waals surface area contributed by atoms with Crippen molar-refractivity contribution in [2.24, 2.45) is 5.92 Å². The largest absolute Gasteiger partial charge is 0.480 e. The predicted octanol–water partition coefficient (Wildman–Crippen LogP) is 0.309. The number of carboxylic acid groups (broad SMARTS) is 1. The fourth-order valence-corrected chi connectivity index (χ4v) is 2.33. The van der Waals surface area contributed by atoms with E-state index < -0.39 is 12.0 Å². The van der Waals surface area contributed by atoms with Crippen molar-refractivity contribution in [2.45, 2.75) is 25.3 Å². The van der Waals surface area contributed by atoms with Crippen molar-refractivity contribution in [3.8, 4) is 0 Å². The van der Waals surface area contributed by atoms with Crippen LogP contribution in [0.1, 0.15) is 19.3 Å². The van der Waals surface area contributed by atoms with Crippen LogP contribution in [0.2, 0.25) is 0 Å². The van der Waals surface area contributed by atoms with Crippen molar-refractivity contribution >= 4 is 23.6 Å². The molecule has 1 amide bonds. The van der Waals surface area contributed by atoms with Crippen LogP contribution in [0.5, 0.6) is 0 Å². The van der Waals surface area contributed by atoms with Gasteiger partial charge in [-0.1, -0.05) is 0 Å². The van der Waals surface area contributed by atoms with Gasteiger partial charge in [0.05, 0.1) is 5.92 Å². The summed E-state index contributed by atoms with van der Waals surface area (Å²) in [5.74, 6) is -0.429. The minimum atomic E-state index is -0.948. The van der Waals surface area contributed by atoms with Gasteiger partial charge < -0.3 is 15.7 Å². The molecule has 3 N–H and O–H groups in total. The number of hydrogen-bond acceptors (Lipinski definition) is 4. The number of carbonyl (C=O) groups is 2. The van der Waals surface area contributed by atoms with Gasteiger partial charge in [0, 0.05) is 6.54 Å². The Hall–Kier alpha value is -0.750. The third-order valence-corrected chi connectivity index (χ3v) is 3.54. The number of aliphatic carboxylic acids is 1. The summed E-state index contributed by atoms with van der Waals surface area (Å²) in [6.45, 7) is 1.60. The van der Waals surface area contributed by atoms with Crippen LogP contribution in [0.3, 0.4) is 0 Å². The molecular weight excluding hydrogens is 240 g/mol. The van der Waals surface area contributed by atoms with Gasteiger partial charge >= 0.3 is 5.97 Å². The van der Waals surface area contributed by atoms with Crippen LogP contribution in [-0.2, 0) is 9.59 Å². The number of nitrogens with one attached hydrogen (secondary N) is 2. The van der Waals surface area contributed by atoms with E-state index >= 15 is 0 Å². The highest BCUT2D eigenvalue weighted by atomic mass is 32.2. The highest BCUT2D eigenvalue weighted by Crippen LogP contribution is 2.11. The number of carboxylic acids is 1. The molecule has 0 aliphatic carbocycles. The molecule has 0 aromatic carbocycles. The van der Waals surface area contributed by atoms with E-state index in [0.717, 1.165) is 25.1 Å². The summed E-state index contributed by atoms with van der Waals surface area (Å²) in [6, 6.07) is -0.753. The number of amides is 1.